The van der Waals surface area contributed by atoms with Crippen molar-refractivity contribution in [3.63, 3.8) is 0 Å². The molecule has 1 saturated heterocycles. The Morgan fingerprint density at radius 3 is 2.76 bits per heavy atom. The van der Waals surface area contributed by atoms with Gasteiger partial charge in [-0.25, -0.2) is 4.79 Å². The minimum Gasteiger partial charge on any atom is -0.454 e. The molecule has 17 heavy (non-hydrogen) atoms. The number of hydrogen-bond donors (Lipinski definition) is 0. The summed E-state index contributed by atoms with van der Waals surface area (Å²) in [7, 11) is 0. The monoisotopic (exact) mass is 232 g/mol. The quantitative estimate of drug-likeness (QED) is 0.364. The number of hydrogen-bond acceptors (Lipinski definition) is 2. The summed E-state index contributed by atoms with van der Waals surface area (Å²) in [6.45, 7) is 10.4. The predicted molar refractivity (Wildman–Crippen MR) is 66.3 cm³/mol. The van der Waals surface area contributed by atoms with Gasteiger partial charge in [0.25, 0.3) is 0 Å². The third-order valence-corrected chi connectivity index (χ3v) is 5.12. The van der Waals surface area contributed by atoms with Gasteiger partial charge in [0.1, 0.15) is 6.10 Å². The first-order valence-electron chi connectivity index (χ1n) is 6.67. The van der Waals surface area contributed by atoms with Crippen LogP contribution in [0.3, 0.4) is 0 Å². The molecule has 2 heteroatoms. The molecular weight excluding hydrogens is 212 g/mol. The average Bonchev–Trinajstić information content (AvgIpc) is 2.31. The lowest BCUT2D eigenvalue weighted by molar-refractivity contribution is -0.159. The van der Waals surface area contributed by atoms with Crippen LogP contribution in [0.5, 0.6) is 0 Å². The minimum absolute atomic E-state index is 0.0282. The molecule has 2 nitrogen and oxygen atoms in total. The highest BCUT2D eigenvalue weighted by Crippen LogP contribution is 2.53. The Bertz CT molecular complexity index is 394. The maximum absolute atomic E-state index is 11.8. The van der Waals surface area contributed by atoms with E-state index in [-0.39, 0.29) is 12.1 Å². The van der Waals surface area contributed by atoms with Crippen molar-refractivity contribution in [2.75, 3.05) is 0 Å². The van der Waals surface area contributed by atoms with Crippen LogP contribution in [-0.4, -0.2) is 12.1 Å². The molecule has 0 aromatic heterocycles. The van der Waals surface area contributed by atoms with Crippen LogP contribution in [0.1, 0.15) is 32.6 Å². The van der Waals surface area contributed by atoms with Gasteiger partial charge in [-0.05, 0) is 49.0 Å². The van der Waals surface area contributed by atoms with E-state index in [2.05, 4.69) is 20.1 Å². The van der Waals surface area contributed by atoms with Crippen LogP contribution >= 0.6 is 0 Å². The van der Waals surface area contributed by atoms with E-state index in [0.717, 1.165) is 24.3 Å². The van der Waals surface area contributed by atoms with Gasteiger partial charge >= 0.3 is 5.97 Å². The number of carbonyl (C=O) groups is 1. The van der Waals surface area contributed by atoms with E-state index in [9.17, 15) is 4.79 Å². The third-order valence-electron chi connectivity index (χ3n) is 5.12. The Labute approximate surface area is 103 Å². The van der Waals surface area contributed by atoms with Gasteiger partial charge in [-0.15, -0.1) is 0 Å². The van der Waals surface area contributed by atoms with Crippen molar-refractivity contribution in [3.05, 3.63) is 24.3 Å². The third kappa shape index (κ3) is 1.50. The fourth-order valence-electron chi connectivity index (χ4n) is 4.12. The zero-order chi connectivity index (χ0) is 12.2. The smallest absolute Gasteiger partial charge is 0.334 e. The molecule has 2 aliphatic carbocycles. The molecule has 3 aliphatic rings. The fourth-order valence-corrected chi connectivity index (χ4v) is 4.12. The van der Waals surface area contributed by atoms with Crippen molar-refractivity contribution in [1.82, 2.24) is 0 Å². The normalized spacial score (nSPS) is 45.2. The second-order valence-electron chi connectivity index (χ2n) is 5.95. The highest BCUT2D eigenvalue weighted by atomic mass is 16.5. The first-order chi connectivity index (χ1) is 8.09. The van der Waals surface area contributed by atoms with Crippen LogP contribution in [-0.2, 0) is 9.53 Å². The Balaban J connectivity index is 1.99. The summed E-state index contributed by atoms with van der Waals surface area (Å²) in [4.78, 5) is 11.8. The number of rotatable bonds is 0. The van der Waals surface area contributed by atoms with Gasteiger partial charge in [-0.3, -0.25) is 0 Å². The molecule has 1 heterocycles. The van der Waals surface area contributed by atoms with Gasteiger partial charge in [0.15, 0.2) is 0 Å². The minimum atomic E-state index is -0.187. The zero-order valence-electron chi connectivity index (χ0n) is 10.4. The molecule has 3 fully saturated rings. The summed E-state index contributed by atoms with van der Waals surface area (Å²) >= 11 is 0. The lowest BCUT2D eigenvalue weighted by atomic mass is 9.57. The molecule has 0 amide bonds. The largest absolute Gasteiger partial charge is 0.454 e. The number of carbonyl (C=O) groups excluding carboxylic acids is 1. The van der Waals surface area contributed by atoms with Crippen LogP contribution in [0.2, 0.25) is 0 Å². The van der Waals surface area contributed by atoms with Crippen molar-refractivity contribution in [2.45, 2.75) is 38.7 Å². The van der Waals surface area contributed by atoms with E-state index >= 15 is 0 Å². The van der Waals surface area contributed by atoms with E-state index in [0.29, 0.717) is 23.3 Å². The van der Waals surface area contributed by atoms with Gasteiger partial charge in [-0.1, -0.05) is 20.1 Å². The van der Waals surface area contributed by atoms with E-state index < -0.39 is 0 Å². The summed E-state index contributed by atoms with van der Waals surface area (Å²) in [5.41, 5.74) is 1.82. The predicted octanol–water partition coefficient (Wildman–Crippen LogP) is 3.10. The molecule has 0 unspecified atom stereocenters. The molecule has 0 bridgehead atoms. The van der Waals surface area contributed by atoms with Crippen LogP contribution < -0.4 is 0 Å². The summed E-state index contributed by atoms with van der Waals surface area (Å²) in [5.74, 6) is 2.06. The topological polar surface area (TPSA) is 26.3 Å². The SMILES string of the molecule is C=C1CC[C@@H]2[C@H]3[C@@H]1OC(=O)C(=C)[C@@H]3CC[C@H]2C. The molecular formula is C15H20O2. The van der Waals surface area contributed by atoms with Crippen molar-refractivity contribution in [2.24, 2.45) is 23.7 Å². The molecule has 2 saturated carbocycles. The Hall–Kier alpha value is -1.05. The molecule has 0 aromatic carbocycles. The highest BCUT2D eigenvalue weighted by molar-refractivity contribution is 5.89. The molecule has 0 spiro atoms. The first kappa shape index (κ1) is 11.1. The lowest BCUT2D eigenvalue weighted by Crippen LogP contribution is -2.51. The van der Waals surface area contributed by atoms with E-state index in [1.165, 1.54) is 12.8 Å². The van der Waals surface area contributed by atoms with E-state index in [1.807, 2.05) is 0 Å². The van der Waals surface area contributed by atoms with Gasteiger partial charge in [0.05, 0.1) is 0 Å². The van der Waals surface area contributed by atoms with Gasteiger partial charge in [-0.2, -0.15) is 0 Å². The van der Waals surface area contributed by atoms with E-state index in [1.54, 1.807) is 0 Å². The first-order valence-corrected chi connectivity index (χ1v) is 6.67. The van der Waals surface area contributed by atoms with Crippen LogP contribution in [0.15, 0.2) is 24.3 Å². The van der Waals surface area contributed by atoms with Crippen molar-refractivity contribution in [1.29, 1.82) is 0 Å². The zero-order valence-corrected chi connectivity index (χ0v) is 10.4. The maximum Gasteiger partial charge on any atom is 0.334 e. The summed E-state index contributed by atoms with van der Waals surface area (Å²) in [6.07, 6.45) is 4.52. The molecule has 92 valence electrons. The molecule has 1 aliphatic heterocycles. The van der Waals surface area contributed by atoms with Crippen LogP contribution in [0, 0.1) is 23.7 Å². The lowest BCUT2D eigenvalue weighted by Gasteiger charge is -2.51. The number of esters is 1. The maximum atomic E-state index is 11.8. The fraction of sp³-hybridized carbons (Fsp3) is 0.667. The summed E-state index contributed by atoms with van der Waals surface area (Å²) < 4.78 is 5.56. The summed E-state index contributed by atoms with van der Waals surface area (Å²) in [5, 5.41) is 0. The molecule has 5 atom stereocenters. The average molecular weight is 232 g/mol. The molecule has 0 aromatic rings. The van der Waals surface area contributed by atoms with Gasteiger partial charge in [0, 0.05) is 11.5 Å². The van der Waals surface area contributed by atoms with Gasteiger partial charge in [0.2, 0.25) is 0 Å². The van der Waals surface area contributed by atoms with E-state index in [4.69, 9.17) is 4.74 Å². The highest BCUT2D eigenvalue weighted by Gasteiger charge is 2.51. The molecule has 0 N–H and O–H groups in total. The van der Waals surface area contributed by atoms with Crippen LogP contribution in [0.25, 0.3) is 0 Å². The standard InChI is InChI=1S/C15H20O2/c1-8-4-7-12-10(3)15(16)17-14-9(2)5-6-11(8)13(12)14/h8,11-14H,2-7H2,1H3/t8-,11+,12+,13-,14-/m1/s1. The van der Waals surface area contributed by atoms with Crippen LogP contribution in [0.4, 0.5) is 0 Å². The number of ether oxygens (including phenoxy) is 1. The van der Waals surface area contributed by atoms with Crippen molar-refractivity contribution >= 4 is 5.97 Å². The van der Waals surface area contributed by atoms with Crippen molar-refractivity contribution in [3.8, 4) is 0 Å². The Morgan fingerprint density at radius 1 is 1.24 bits per heavy atom. The summed E-state index contributed by atoms with van der Waals surface area (Å²) in [6, 6.07) is 0. The molecule has 3 rings (SSSR count). The second-order valence-corrected chi connectivity index (χ2v) is 5.95. The van der Waals surface area contributed by atoms with Gasteiger partial charge < -0.3 is 4.74 Å². The second kappa shape index (κ2) is 3.72. The van der Waals surface area contributed by atoms with Crippen molar-refractivity contribution < 1.29 is 9.53 Å². The Morgan fingerprint density at radius 2 is 2.00 bits per heavy atom. The Kier molecular flexibility index (Phi) is 2.42. The molecule has 0 radical (unpaired) electrons.